The number of hydrogen-bond acceptors (Lipinski definition) is 6. The summed E-state index contributed by atoms with van der Waals surface area (Å²) in [7, 11) is 0. The Bertz CT molecular complexity index is 1210. The Kier molecular flexibility index (Phi) is 9.76. The minimum atomic E-state index is -4.96. The number of rotatable bonds is 12. The Balaban J connectivity index is 1.91. The molecule has 0 saturated heterocycles. The first kappa shape index (κ1) is 28.0. The molecule has 1 N–H and O–H groups in total. The van der Waals surface area contributed by atoms with Gasteiger partial charge in [0, 0.05) is 11.5 Å². The van der Waals surface area contributed by atoms with E-state index in [9.17, 15) is 18.0 Å². The number of hydrogen-bond donors (Lipinski definition) is 1. The molecule has 0 aliphatic carbocycles. The summed E-state index contributed by atoms with van der Waals surface area (Å²) in [5.41, 5.74) is -0.419. The maximum Gasteiger partial charge on any atom is 0.573 e. The molecule has 3 rings (SSSR count). The predicted octanol–water partition coefficient (Wildman–Crippen LogP) is 7.63. The van der Waals surface area contributed by atoms with Crippen molar-refractivity contribution in [3.05, 3.63) is 56.9 Å². The Morgan fingerprint density at radius 1 is 1.03 bits per heavy atom. The van der Waals surface area contributed by atoms with Crippen molar-refractivity contribution in [1.29, 1.82) is 0 Å². The molecular formula is C25H27Cl2F3N2O4. The number of nitrogens with zero attached hydrogens (tertiary/aromatic N) is 1. The second-order valence-corrected chi connectivity index (χ2v) is 8.77. The van der Waals surface area contributed by atoms with Gasteiger partial charge < -0.3 is 24.1 Å². The van der Waals surface area contributed by atoms with Crippen molar-refractivity contribution in [3.8, 4) is 11.5 Å². The number of alkyl halides is 3. The van der Waals surface area contributed by atoms with Crippen LogP contribution in [0.25, 0.3) is 11.0 Å². The molecule has 0 fully saturated rings. The number of para-hydroxylation sites is 1. The normalized spacial score (nSPS) is 11.8. The second-order valence-electron chi connectivity index (χ2n) is 7.95. The van der Waals surface area contributed by atoms with Gasteiger partial charge in [0.2, 0.25) is 5.75 Å². The molecule has 3 aromatic rings. The summed E-state index contributed by atoms with van der Waals surface area (Å²) in [5, 5.41) is 3.85. The third kappa shape index (κ3) is 7.44. The number of nitrogens with one attached hydrogen (secondary N) is 1. The first-order valence-electron chi connectivity index (χ1n) is 11.6. The first-order valence-corrected chi connectivity index (χ1v) is 12.3. The molecule has 0 bridgehead atoms. The molecule has 1 heterocycles. The Labute approximate surface area is 216 Å². The van der Waals surface area contributed by atoms with Crippen LogP contribution in [0.15, 0.2) is 45.6 Å². The quantitative estimate of drug-likeness (QED) is 0.186. The molecule has 0 spiro atoms. The minimum absolute atomic E-state index is 0.114. The number of benzene rings is 2. The fourth-order valence-electron chi connectivity index (χ4n) is 3.71. The zero-order valence-electron chi connectivity index (χ0n) is 19.9. The zero-order valence-corrected chi connectivity index (χ0v) is 21.4. The average Bonchev–Trinajstić information content (AvgIpc) is 2.81. The van der Waals surface area contributed by atoms with E-state index in [1.165, 1.54) is 6.07 Å². The van der Waals surface area contributed by atoms with Crippen molar-refractivity contribution < 1.29 is 27.1 Å². The van der Waals surface area contributed by atoms with E-state index in [1.807, 2.05) is 0 Å². The first-order chi connectivity index (χ1) is 17.1. The van der Waals surface area contributed by atoms with Gasteiger partial charge in [-0.25, -0.2) is 4.79 Å². The molecule has 0 aliphatic rings. The molecule has 196 valence electrons. The Morgan fingerprint density at radius 3 is 2.36 bits per heavy atom. The van der Waals surface area contributed by atoms with Gasteiger partial charge in [-0.05, 0) is 63.2 Å². The largest absolute Gasteiger partial charge is 0.573 e. The summed E-state index contributed by atoms with van der Waals surface area (Å²) in [6, 6.07) is 8.47. The van der Waals surface area contributed by atoms with Gasteiger partial charge in [-0.1, -0.05) is 43.1 Å². The van der Waals surface area contributed by atoms with Crippen LogP contribution in [0.3, 0.4) is 0 Å². The van der Waals surface area contributed by atoms with E-state index >= 15 is 0 Å². The zero-order chi connectivity index (χ0) is 26.3. The molecule has 36 heavy (non-hydrogen) atoms. The summed E-state index contributed by atoms with van der Waals surface area (Å²) in [5.74, 6) is -0.909. The van der Waals surface area contributed by atoms with Crippen LogP contribution in [0.4, 0.5) is 24.5 Å². The highest BCUT2D eigenvalue weighted by molar-refractivity contribution is 6.39. The van der Waals surface area contributed by atoms with Crippen LogP contribution in [0.5, 0.6) is 11.5 Å². The molecule has 0 amide bonds. The summed E-state index contributed by atoms with van der Waals surface area (Å²) in [6.07, 6.45) is -2.62. The fraction of sp³-hybridized carbons (Fsp3) is 0.400. The summed E-state index contributed by atoms with van der Waals surface area (Å²) in [6.45, 7) is 7.13. The van der Waals surface area contributed by atoms with E-state index in [-0.39, 0.29) is 29.0 Å². The molecule has 6 nitrogen and oxygen atoms in total. The highest BCUT2D eigenvalue weighted by Crippen LogP contribution is 2.42. The maximum atomic E-state index is 13.1. The van der Waals surface area contributed by atoms with E-state index in [4.69, 9.17) is 32.4 Å². The van der Waals surface area contributed by atoms with E-state index in [1.54, 1.807) is 18.2 Å². The van der Waals surface area contributed by atoms with Crippen LogP contribution in [-0.4, -0.2) is 37.5 Å². The standard InChI is InChI=1S/C25H27Cl2F3N2O4/c1-3-32(4-2)13-6-5-7-14-34-24-20(36-25(28,29)30)12-11-16-19(15-21(33)35-23(16)24)31-22-17(26)9-8-10-18(22)27/h8-12,15,31H,3-7,13-14H2,1-2H3. The van der Waals surface area contributed by atoms with E-state index < -0.39 is 17.7 Å². The van der Waals surface area contributed by atoms with Gasteiger partial charge >= 0.3 is 12.0 Å². The van der Waals surface area contributed by atoms with Gasteiger partial charge in [0.05, 0.1) is 28.0 Å². The van der Waals surface area contributed by atoms with Crippen LogP contribution in [0.2, 0.25) is 10.0 Å². The van der Waals surface area contributed by atoms with Crippen molar-refractivity contribution >= 4 is 45.5 Å². The lowest BCUT2D eigenvalue weighted by atomic mass is 10.1. The molecule has 11 heteroatoms. The lowest BCUT2D eigenvalue weighted by Gasteiger charge is -2.18. The summed E-state index contributed by atoms with van der Waals surface area (Å²) < 4.78 is 54.4. The van der Waals surface area contributed by atoms with Crippen molar-refractivity contribution in [3.63, 3.8) is 0 Å². The molecule has 0 saturated carbocycles. The van der Waals surface area contributed by atoms with Gasteiger partial charge in [0.1, 0.15) is 0 Å². The lowest BCUT2D eigenvalue weighted by molar-refractivity contribution is -0.275. The van der Waals surface area contributed by atoms with Gasteiger partial charge in [-0.2, -0.15) is 0 Å². The summed E-state index contributed by atoms with van der Waals surface area (Å²) in [4.78, 5) is 14.6. The molecule has 0 aliphatic heterocycles. The topological polar surface area (TPSA) is 63.9 Å². The van der Waals surface area contributed by atoms with Crippen molar-refractivity contribution in [1.82, 2.24) is 4.90 Å². The van der Waals surface area contributed by atoms with Crippen LogP contribution < -0.4 is 20.4 Å². The third-order valence-corrected chi connectivity index (χ3v) is 6.17. The Morgan fingerprint density at radius 2 is 1.72 bits per heavy atom. The highest BCUT2D eigenvalue weighted by atomic mass is 35.5. The van der Waals surface area contributed by atoms with E-state index in [2.05, 4.69) is 28.8 Å². The molecule has 2 aromatic carbocycles. The van der Waals surface area contributed by atoms with E-state index in [0.29, 0.717) is 22.2 Å². The molecule has 0 radical (unpaired) electrons. The maximum absolute atomic E-state index is 13.1. The molecule has 0 unspecified atom stereocenters. The number of ether oxygens (including phenoxy) is 2. The summed E-state index contributed by atoms with van der Waals surface area (Å²) >= 11 is 12.5. The van der Waals surface area contributed by atoms with Crippen molar-refractivity contribution in [2.45, 2.75) is 39.5 Å². The average molecular weight is 547 g/mol. The van der Waals surface area contributed by atoms with Crippen LogP contribution >= 0.6 is 23.2 Å². The smallest absolute Gasteiger partial charge is 0.486 e. The SMILES string of the molecule is CCN(CC)CCCCCOc1c(OC(F)(F)F)ccc2c(Nc3c(Cl)cccc3Cl)cc(=O)oc12. The number of fused-ring (bicyclic) bond motifs is 1. The van der Waals surface area contributed by atoms with Crippen molar-refractivity contribution in [2.24, 2.45) is 0 Å². The Hall–Kier alpha value is -2.62. The van der Waals surface area contributed by atoms with Gasteiger partial charge in [-0.15, -0.1) is 13.2 Å². The van der Waals surface area contributed by atoms with Crippen LogP contribution in [0, 0.1) is 0 Å². The highest BCUT2D eigenvalue weighted by Gasteiger charge is 2.33. The number of halogens is 5. The minimum Gasteiger partial charge on any atom is -0.486 e. The second kappa shape index (κ2) is 12.6. The fourth-order valence-corrected chi connectivity index (χ4v) is 4.20. The molecule has 1 aromatic heterocycles. The monoisotopic (exact) mass is 546 g/mol. The number of anilines is 2. The predicted molar refractivity (Wildman–Crippen MR) is 136 cm³/mol. The molecule has 0 atom stereocenters. The van der Waals surface area contributed by atoms with Crippen LogP contribution in [0.1, 0.15) is 33.1 Å². The third-order valence-electron chi connectivity index (χ3n) is 5.54. The molecular weight excluding hydrogens is 520 g/mol. The number of unbranched alkanes of at least 4 members (excludes halogenated alkanes) is 2. The van der Waals surface area contributed by atoms with Crippen LogP contribution in [-0.2, 0) is 0 Å². The van der Waals surface area contributed by atoms with Gasteiger partial charge in [-0.3, -0.25) is 0 Å². The van der Waals surface area contributed by atoms with Crippen molar-refractivity contribution in [2.75, 3.05) is 31.6 Å². The van der Waals surface area contributed by atoms with E-state index in [0.717, 1.165) is 44.6 Å². The van der Waals surface area contributed by atoms with Gasteiger partial charge in [0.15, 0.2) is 11.3 Å². The lowest BCUT2D eigenvalue weighted by Crippen LogP contribution is -2.23. The van der Waals surface area contributed by atoms with Gasteiger partial charge in [0.25, 0.3) is 0 Å².